The molecule has 0 spiro atoms. The molecule has 0 amide bonds. The van der Waals surface area contributed by atoms with Crippen LogP contribution in [0.2, 0.25) is 0 Å². The van der Waals surface area contributed by atoms with Crippen molar-refractivity contribution in [1.82, 2.24) is 0 Å². The second-order valence-corrected chi connectivity index (χ2v) is 8.87. The maximum atomic E-state index is 12.2. The molecule has 0 aliphatic heterocycles. The predicted octanol–water partition coefficient (Wildman–Crippen LogP) is 6.05. The summed E-state index contributed by atoms with van der Waals surface area (Å²) in [5, 5.41) is 0. The fourth-order valence-corrected chi connectivity index (χ4v) is 5.13. The highest BCUT2D eigenvalue weighted by molar-refractivity contribution is 6.24. The Balaban J connectivity index is 0.000000165. The molecule has 5 rings (SSSR count). The van der Waals surface area contributed by atoms with Crippen molar-refractivity contribution in [3.8, 4) is 0 Å². The second-order valence-electron chi connectivity index (χ2n) is 8.87. The molecule has 2 aromatic rings. The average molecular weight is 441 g/mol. The molecule has 0 radical (unpaired) electrons. The van der Waals surface area contributed by atoms with Crippen LogP contribution in [0.15, 0.2) is 60.2 Å². The molecule has 0 heterocycles. The molecule has 168 valence electrons. The van der Waals surface area contributed by atoms with E-state index in [2.05, 4.69) is 0 Å². The summed E-state index contributed by atoms with van der Waals surface area (Å²) in [7, 11) is 0. The summed E-state index contributed by atoms with van der Waals surface area (Å²) in [5.41, 5.74) is 6.08. The van der Waals surface area contributed by atoms with Crippen molar-refractivity contribution in [3.05, 3.63) is 82.4 Å². The number of hydrogen-bond acceptors (Lipinski definition) is 4. The highest BCUT2D eigenvalue weighted by atomic mass is 16.1. The summed E-state index contributed by atoms with van der Waals surface area (Å²) in [5.74, 6) is 1.03. The predicted molar refractivity (Wildman–Crippen MR) is 129 cm³/mol. The van der Waals surface area contributed by atoms with Crippen LogP contribution < -0.4 is 0 Å². The minimum Gasteiger partial charge on any atom is -0.298 e. The van der Waals surface area contributed by atoms with E-state index < -0.39 is 0 Å². The number of hydrogen-bond donors (Lipinski definition) is 0. The summed E-state index contributed by atoms with van der Waals surface area (Å²) < 4.78 is 0. The largest absolute Gasteiger partial charge is 0.298 e. The van der Waals surface area contributed by atoms with Crippen LogP contribution in [0.4, 0.5) is 0 Å². The molecule has 3 aliphatic carbocycles. The summed E-state index contributed by atoms with van der Waals surface area (Å²) in [6.07, 6.45) is 11.6. The van der Waals surface area contributed by atoms with Crippen LogP contribution in [0.3, 0.4) is 0 Å². The monoisotopic (exact) mass is 440 g/mol. The first kappa shape index (κ1) is 22.8. The maximum Gasteiger partial charge on any atom is 0.163 e. The van der Waals surface area contributed by atoms with E-state index in [1.807, 2.05) is 30.3 Å². The van der Waals surface area contributed by atoms with Crippen molar-refractivity contribution in [2.24, 2.45) is 5.92 Å². The Morgan fingerprint density at radius 3 is 1.97 bits per heavy atom. The molecule has 0 aromatic heterocycles. The van der Waals surface area contributed by atoms with Crippen LogP contribution in [0.25, 0.3) is 11.1 Å². The van der Waals surface area contributed by atoms with Gasteiger partial charge in [-0.1, -0.05) is 60.9 Å². The third-order valence-corrected chi connectivity index (χ3v) is 6.73. The van der Waals surface area contributed by atoms with Crippen LogP contribution in [-0.4, -0.2) is 24.1 Å². The maximum absolute atomic E-state index is 12.2. The Morgan fingerprint density at radius 2 is 1.36 bits per heavy atom. The molecule has 0 atom stereocenters. The van der Waals surface area contributed by atoms with Crippen LogP contribution in [-0.2, 0) is 9.59 Å². The fraction of sp³-hybridized carbons (Fsp3) is 0.310. The standard InChI is InChI=1S/C17H18O2.C12H10O2/c18-11-12-4-3-7-14(10-12)17-15(8-9-16(17)19)13-5-1-2-6-13;13-8-9-3-1-4-10(7-9)11-5-2-6-12(11)14/h3-4,7,10-11,13H,1-2,5-6,8-9H2;1,3-5,7-8H,2,6H2. The summed E-state index contributed by atoms with van der Waals surface area (Å²) in [4.78, 5) is 45.1. The minimum atomic E-state index is 0.174. The van der Waals surface area contributed by atoms with Gasteiger partial charge in [-0.2, -0.15) is 0 Å². The molecule has 0 saturated heterocycles. The Kier molecular flexibility index (Phi) is 7.23. The molecule has 1 saturated carbocycles. The van der Waals surface area contributed by atoms with Gasteiger partial charge in [0.25, 0.3) is 0 Å². The first-order valence-electron chi connectivity index (χ1n) is 11.7. The Hall–Kier alpha value is -3.40. The summed E-state index contributed by atoms with van der Waals surface area (Å²) in [6.45, 7) is 0. The van der Waals surface area contributed by atoms with Crippen LogP contribution in [0, 0.1) is 5.92 Å². The van der Waals surface area contributed by atoms with E-state index in [9.17, 15) is 19.2 Å². The number of Topliss-reactive ketones (excluding diaryl/α,β-unsaturated/α-hetero) is 2. The lowest BCUT2D eigenvalue weighted by atomic mass is 9.91. The van der Waals surface area contributed by atoms with E-state index >= 15 is 0 Å². The first-order valence-corrected chi connectivity index (χ1v) is 11.7. The van der Waals surface area contributed by atoms with Gasteiger partial charge >= 0.3 is 0 Å². The molecule has 4 nitrogen and oxygen atoms in total. The first-order chi connectivity index (χ1) is 16.1. The number of aldehydes is 2. The van der Waals surface area contributed by atoms with Gasteiger partial charge in [0.15, 0.2) is 11.6 Å². The van der Waals surface area contributed by atoms with Crippen molar-refractivity contribution < 1.29 is 19.2 Å². The van der Waals surface area contributed by atoms with Gasteiger partial charge < -0.3 is 0 Å². The third-order valence-electron chi connectivity index (χ3n) is 6.73. The smallest absolute Gasteiger partial charge is 0.163 e. The number of allylic oxidation sites excluding steroid dienone is 4. The van der Waals surface area contributed by atoms with Crippen LogP contribution in [0.1, 0.15) is 83.2 Å². The normalized spacial score (nSPS) is 18.2. The number of ketones is 2. The molecular formula is C29H28O4. The SMILES string of the molecule is O=Cc1cccc(C2=C(C3CCCC3)CCC2=O)c1.O=Cc1cccc(C2=CCCC2=O)c1. The van der Waals surface area contributed by atoms with Gasteiger partial charge in [0.05, 0.1) is 0 Å². The van der Waals surface area contributed by atoms with Gasteiger partial charge in [-0.05, 0) is 54.9 Å². The van der Waals surface area contributed by atoms with Crippen LogP contribution >= 0.6 is 0 Å². The molecule has 1 fully saturated rings. The zero-order valence-corrected chi connectivity index (χ0v) is 18.7. The van der Waals surface area contributed by atoms with Crippen molar-refractivity contribution in [1.29, 1.82) is 0 Å². The van der Waals surface area contributed by atoms with E-state index in [1.54, 1.807) is 24.3 Å². The second kappa shape index (κ2) is 10.5. The fourth-order valence-electron chi connectivity index (χ4n) is 5.13. The van der Waals surface area contributed by atoms with Crippen LogP contribution in [0.5, 0.6) is 0 Å². The van der Waals surface area contributed by atoms with Crippen molar-refractivity contribution >= 4 is 35.3 Å². The lowest BCUT2D eigenvalue weighted by molar-refractivity contribution is -0.114. The van der Waals surface area contributed by atoms with Gasteiger partial charge in [-0.3, -0.25) is 19.2 Å². The quantitative estimate of drug-likeness (QED) is 0.531. The van der Waals surface area contributed by atoms with Gasteiger partial charge in [0.2, 0.25) is 0 Å². The number of rotatable bonds is 5. The number of carbonyl (C=O) groups excluding carboxylic acids is 4. The van der Waals surface area contributed by atoms with Gasteiger partial charge in [-0.25, -0.2) is 0 Å². The third kappa shape index (κ3) is 5.16. The highest BCUT2D eigenvalue weighted by Crippen LogP contribution is 2.42. The molecule has 0 N–H and O–H groups in total. The molecular weight excluding hydrogens is 412 g/mol. The Bertz CT molecular complexity index is 1150. The number of benzene rings is 2. The van der Waals surface area contributed by atoms with Crippen molar-refractivity contribution in [2.75, 3.05) is 0 Å². The van der Waals surface area contributed by atoms with Crippen molar-refractivity contribution in [2.45, 2.75) is 51.4 Å². The summed E-state index contributed by atoms with van der Waals surface area (Å²) >= 11 is 0. The van der Waals surface area contributed by atoms with E-state index in [0.717, 1.165) is 47.7 Å². The molecule has 2 aromatic carbocycles. The molecule has 33 heavy (non-hydrogen) atoms. The van der Waals surface area contributed by atoms with E-state index in [-0.39, 0.29) is 11.6 Å². The topological polar surface area (TPSA) is 68.3 Å². The Labute approximate surface area is 194 Å². The highest BCUT2D eigenvalue weighted by Gasteiger charge is 2.30. The summed E-state index contributed by atoms with van der Waals surface area (Å²) in [6, 6.07) is 14.6. The molecule has 4 heteroatoms. The number of carbonyl (C=O) groups is 4. The van der Waals surface area contributed by atoms with E-state index in [1.165, 1.54) is 31.3 Å². The minimum absolute atomic E-state index is 0.174. The lowest BCUT2D eigenvalue weighted by Gasteiger charge is -2.13. The Morgan fingerprint density at radius 1 is 0.727 bits per heavy atom. The van der Waals surface area contributed by atoms with E-state index in [4.69, 9.17) is 0 Å². The van der Waals surface area contributed by atoms with E-state index in [0.29, 0.717) is 29.9 Å². The van der Waals surface area contributed by atoms with Gasteiger partial charge in [0.1, 0.15) is 12.6 Å². The molecule has 3 aliphatic rings. The van der Waals surface area contributed by atoms with Crippen molar-refractivity contribution in [3.63, 3.8) is 0 Å². The average Bonchev–Trinajstić information content (AvgIpc) is 3.61. The zero-order chi connectivity index (χ0) is 23.2. The molecule has 0 bridgehead atoms. The lowest BCUT2D eigenvalue weighted by Crippen LogP contribution is -2.01. The van der Waals surface area contributed by atoms with Gasteiger partial charge in [-0.15, -0.1) is 0 Å². The molecule has 0 unspecified atom stereocenters. The zero-order valence-electron chi connectivity index (χ0n) is 18.7. The van der Waals surface area contributed by atoms with Gasteiger partial charge in [0, 0.05) is 35.1 Å².